The number of aromatic nitrogens is 4. The van der Waals surface area contributed by atoms with Crippen LogP contribution in [0.5, 0.6) is 0 Å². The van der Waals surface area contributed by atoms with Crippen LogP contribution in [0.25, 0.3) is 16.6 Å². The number of nitro benzene ring substituents is 1. The molecular formula is C20H16N6O3S. The number of anilines is 1. The fourth-order valence-electron chi connectivity index (χ4n) is 3.69. The lowest BCUT2D eigenvalue weighted by molar-refractivity contribution is -0.384. The molecular weight excluding hydrogens is 404 g/mol. The number of nitrogens with zero attached hydrogens (tertiary/aromatic N) is 6. The SMILES string of the molecule is Cc1nc2c3ccccc3nc(SCC(=O)N3CCc4cc([N+](=O)[O-])ccc43)n2n1. The van der Waals surface area contributed by atoms with E-state index < -0.39 is 4.92 Å². The zero-order valence-electron chi connectivity index (χ0n) is 16.0. The van der Waals surface area contributed by atoms with Crippen molar-refractivity contribution < 1.29 is 9.72 Å². The third kappa shape index (κ3) is 3.05. The molecule has 2 aromatic heterocycles. The molecule has 10 heteroatoms. The Morgan fingerprint density at radius 2 is 2.07 bits per heavy atom. The van der Waals surface area contributed by atoms with Crippen molar-refractivity contribution in [1.29, 1.82) is 0 Å². The number of hydrogen-bond acceptors (Lipinski definition) is 7. The highest BCUT2D eigenvalue weighted by molar-refractivity contribution is 7.99. The zero-order chi connectivity index (χ0) is 20.8. The van der Waals surface area contributed by atoms with Crippen LogP contribution in [0.2, 0.25) is 0 Å². The van der Waals surface area contributed by atoms with E-state index in [0.717, 1.165) is 22.2 Å². The molecule has 30 heavy (non-hydrogen) atoms. The molecule has 0 spiro atoms. The molecule has 150 valence electrons. The lowest BCUT2D eigenvalue weighted by Crippen LogP contribution is -2.30. The normalized spacial score (nSPS) is 13.2. The van der Waals surface area contributed by atoms with E-state index in [1.54, 1.807) is 21.5 Å². The molecule has 0 saturated heterocycles. The van der Waals surface area contributed by atoms with Gasteiger partial charge < -0.3 is 4.90 Å². The second kappa shape index (κ2) is 7.06. The maximum Gasteiger partial charge on any atom is 0.269 e. The second-order valence-electron chi connectivity index (χ2n) is 6.96. The summed E-state index contributed by atoms with van der Waals surface area (Å²) in [5.74, 6) is 0.736. The molecule has 0 fully saturated rings. The summed E-state index contributed by atoms with van der Waals surface area (Å²) < 4.78 is 1.68. The van der Waals surface area contributed by atoms with E-state index in [4.69, 9.17) is 0 Å². The van der Waals surface area contributed by atoms with Crippen LogP contribution in [0, 0.1) is 17.0 Å². The first kappa shape index (κ1) is 18.5. The van der Waals surface area contributed by atoms with Gasteiger partial charge in [0.15, 0.2) is 10.8 Å². The van der Waals surface area contributed by atoms with Crippen LogP contribution in [0.1, 0.15) is 11.4 Å². The van der Waals surface area contributed by atoms with Gasteiger partial charge in [0.05, 0.1) is 16.2 Å². The average molecular weight is 420 g/mol. The van der Waals surface area contributed by atoms with E-state index in [1.807, 2.05) is 31.2 Å². The standard InChI is InChI=1S/C20H16N6O3S/c1-12-21-19-15-4-2-3-5-16(15)22-20(25(19)23-12)30-11-18(27)24-9-8-13-10-14(26(28)29)6-7-17(13)24/h2-7,10H,8-9,11H2,1H3. The lowest BCUT2D eigenvalue weighted by atomic mass is 10.1. The van der Waals surface area contributed by atoms with Gasteiger partial charge in [0.25, 0.3) is 5.69 Å². The van der Waals surface area contributed by atoms with Gasteiger partial charge in [-0.1, -0.05) is 23.9 Å². The van der Waals surface area contributed by atoms with Gasteiger partial charge in [-0.05, 0) is 37.1 Å². The largest absolute Gasteiger partial charge is 0.311 e. The fourth-order valence-corrected chi connectivity index (χ4v) is 4.51. The van der Waals surface area contributed by atoms with E-state index in [0.29, 0.717) is 29.6 Å². The van der Waals surface area contributed by atoms with E-state index in [-0.39, 0.29) is 17.3 Å². The van der Waals surface area contributed by atoms with Crippen molar-refractivity contribution in [2.45, 2.75) is 18.5 Å². The Labute approximate surface area is 174 Å². The van der Waals surface area contributed by atoms with Gasteiger partial charge in [-0.3, -0.25) is 14.9 Å². The van der Waals surface area contributed by atoms with Crippen LogP contribution in [0.15, 0.2) is 47.6 Å². The van der Waals surface area contributed by atoms with Gasteiger partial charge in [-0.15, -0.1) is 5.10 Å². The van der Waals surface area contributed by atoms with Gasteiger partial charge in [-0.2, -0.15) is 4.52 Å². The number of non-ortho nitro benzene ring substituents is 1. The van der Waals surface area contributed by atoms with Crippen LogP contribution >= 0.6 is 11.8 Å². The van der Waals surface area contributed by atoms with Crippen LogP contribution in [-0.2, 0) is 11.2 Å². The molecule has 3 heterocycles. The Balaban J connectivity index is 1.41. The summed E-state index contributed by atoms with van der Waals surface area (Å²) in [4.78, 5) is 34.3. The number of fused-ring (bicyclic) bond motifs is 4. The quantitative estimate of drug-likeness (QED) is 0.216. The molecule has 0 aliphatic carbocycles. The molecule has 4 aromatic rings. The average Bonchev–Trinajstić information content (AvgIpc) is 3.34. The smallest absolute Gasteiger partial charge is 0.269 e. The Hall–Kier alpha value is -3.53. The predicted molar refractivity (Wildman–Crippen MR) is 113 cm³/mol. The Morgan fingerprint density at radius 1 is 1.23 bits per heavy atom. The monoisotopic (exact) mass is 420 g/mol. The van der Waals surface area contributed by atoms with E-state index in [1.165, 1.54) is 17.8 Å². The molecule has 0 bridgehead atoms. The topological polar surface area (TPSA) is 107 Å². The minimum absolute atomic E-state index is 0.0433. The van der Waals surface area contributed by atoms with Crippen molar-refractivity contribution in [3.63, 3.8) is 0 Å². The first-order valence-corrected chi connectivity index (χ1v) is 10.3. The van der Waals surface area contributed by atoms with Gasteiger partial charge >= 0.3 is 0 Å². The highest BCUT2D eigenvalue weighted by atomic mass is 32.2. The number of benzene rings is 2. The first-order chi connectivity index (χ1) is 14.5. The summed E-state index contributed by atoms with van der Waals surface area (Å²) in [5, 5.41) is 16.9. The number of amides is 1. The maximum absolute atomic E-state index is 12.9. The molecule has 5 rings (SSSR count). The number of thioether (sulfide) groups is 1. The summed E-state index contributed by atoms with van der Waals surface area (Å²) in [7, 11) is 0. The summed E-state index contributed by atoms with van der Waals surface area (Å²) in [5.41, 5.74) is 3.11. The highest BCUT2D eigenvalue weighted by Gasteiger charge is 2.27. The van der Waals surface area contributed by atoms with Gasteiger partial charge in [0.1, 0.15) is 5.82 Å². The summed E-state index contributed by atoms with van der Waals surface area (Å²) in [6.07, 6.45) is 0.605. The number of carbonyl (C=O) groups is 1. The number of hydrogen-bond donors (Lipinski definition) is 0. The van der Waals surface area contributed by atoms with E-state index in [2.05, 4.69) is 15.1 Å². The third-order valence-corrected chi connectivity index (χ3v) is 5.96. The highest BCUT2D eigenvalue weighted by Crippen LogP contribution is 2.32. The van der Waals surface area contributed by atoms with Crippen LogP contribution in [0.4, 0.5) is 11.4 Å². The second-order valence-corrected chi connectivity index (χ2v) is 7.90. The van der Waals surface area contributed by atoms with Crippen molar-refractivity contribution in [1.82, 2.24) is 19.6 Å². The van der Waals surface area contributed by atoms with Gasteiger partial charge in [-0.25, -0.2) is 9.97 Å². The van der Waals surface area contributed by atoms with E-state index in [9.17, 15) is 14.9 Å². The molecule has 2 aromatic carbocycles. The molecule has 1 amide bonds. The minimum Gasteiger partial charge on any atom is -0.311 e. The predicted octanol–water partition coefficient (Wildman–Crippen LogP) is 3.18. The van der Waals surface area contributed by atoms with Crippen molar-refractivity contribution in [2.24, 2.45) is 0 Å². The van der Waals surface area contributed by atoms with Crippen LogP contribution in [0.3, 0.4) is 0 Å². The Bertz CT molecular complexity index is 1340. The Kier molecular flexibility index (Phi) is 4.35. The van der Waals surface area contributed by atoms with Gasteiger partial charge in [0, 0.05) is 29.8 Å². The van der Waals surface area contributed by atoms with Crippen molar-refractivity contribution in [3.05, 3.63) is 64.0 Å². The molecule has 9 nitrogen and oxygen atoms in total. The van der Waals surface area contributed by atoms with Crippen LogP contribution in [-0.4, -0.2) is 42.7 Å². The molecule has 0 unspecified atom stereocenters. The van der Waals surface area contributed by atoms with Crippen molar-refractivity contribution in [2.75, 3.05) is 17.2 Å². The number of carbonyl (C=O) groups excluding carboxylic acids is 1. The number of aryl methyl sites for hydroxylation is 1. The summed E-state index contributed by atoms with van der Waals surface area (Å²) in [6, 6.07) is 12.3. The number of para-hydroxylation sites is 1. The fraction of sp³-hybridized carbons (Fsp3) is 0.200. The number of nitro groups is 1. The molecule has 0 N–H and O–H groups in total. The summed E-state index contributed by atoms with van der Waals surface area (Å²) in [6.45, 7) is 2.33. The third-order valence-electron chi connectivity index (χ3n) is 5.05. The van der Waals surface area contributed by atoms with Crippen LogP contribution < -0.4 is 4.90 Å². The molecule has 1 aliphatic rings. The molecule has 0 atom stereocenters. The van der Waals surface area contributed by atoms with Crippen molar-refractivity contribution in [3.8, 4) is 0 Å². The lowest BCUT2D eigenvalue weighted by Gasteiger charge is -2.17. The molecule has 0 saturated carbocycles. The number of rotatable bonds is 4. The zero-order valence-corrected chi connectivity index (χ0v) is 16.8. The van der Waals surface area contributed by atoms with Crippen molar-refractivity contribution >= 4 is 45.6 Å². The Morgan fingerprint density at radius 3 is 2.90 bits per heavy atom. The summed E-state index contributed by atoms with van der Waals surface area (Å²) >= 11 is 1.31. The maximum atomic E-state index is 12.9. The molecule has 0 radical (unpaired) electrons. The minimum atomic E-state index is -0.419. The van der Waals surface area contributed by atoms with E-state index >= 15 is 0 Å². The first-order valence-electron chi connectivity index (χ1n) is 9.34. The van der Waals surface area contributed by atoms with Gasteiger partial charge in [0.2, 0.25) is 5.91 Å². The molecule has 1 aliphatic heterocycles.